The topological polar surface area (TPSA) is 42.1 Å². The summed E-state index contributed by atoms with van der Waals surface area (Å²) < 4.78 is 38.7. The van der Waals surface area contributed by atoms with E-state index in [0.29, 0.717) is 19.6 Å². The smallest absolute Gasteiger partial charge is 0.330 e. The molecule has 0 aromatic carbocycles. The van der Waals surface area contributed by atoms with Crippen LogP contribution >= 0.6 is 0 Å². The molecule has 1 aliphatic heterocycles. The van der Waals surface area contributed by atoms with Gasteiger partial charge in [0.1, 0.15) is 0 Å². The van der Waals surface area contributed by atoms with Crippen molar-refractivity contribution in [3.8, 4) is 0 Å². The molecule has 112 valence electrons. The molecule has 6 heteroatoms. The molecule has 0 spiro atoms. The van der Waals surface area contributed by atoms with Gasteiger partial charge in [0.05, 0.1) is 5.92 Å². The SMILES string of the molecule is Cc1cc(CN2CCC(C(F)(F)F)C(CN)C2)ccn1. The van der Waals surface area contributed by atoms with Gasteiger partial charge in [-0.3, -0.25) is 9.88 Å². The molecule has 2 rings (SSSR count). The minimum Gasteiger partial charge on any atom is -0.330 e. The minimum absolute atomic E-state index is 0.0794. The van der Waals surface area contributed by atoms with E-state index in [0.717, 1.165) is 11.3 Å². The van der Waals surface area contributed by atoms with Crippen molar-refractivity contribution in [2.75, 3.05) is 19.6 Å². The van der Waals surface area contributed by atoms with Crippen LogP contribution in [-0.2, 0) is 6.54 Å². The van der Waals surface area contributed by atoms with E-state index in [1.165, 1.54) is 0 Å². The molecule has 2 atom stereocenters. The maximum Gasteiger partial charge on any atom is 0.392 e. The normalized spacial score (nSPS) is 24.9. The van der Waals surface area contributed by atoms with E-state index in [4.69, 9.17) is 5.73 Å². The fourth-order valence-corrected chi connectivity index (χ4v) is 2.88. The lowest BCUT2D eigenvalue weighted by Crippen LogP contribution is -2.47. The summed E-state index contributed by atoms with van der Waals surface area (Å²) in [5.74, 6) is -1.77. The molecule has 1 aliphatic rings. The van der Waals surface area contributed by atoms with Crippen molar-refractivity contribution in [3.63, 3.8) is 0 Å². The highest BCUT2D eigenvalue weighted by atomic mass is 19.4. The first kappa shape index (κ1) is 15.3. The average Bonchev–Trinajstić information content (AvgIpc) is 2.37. The Morgan fingerprint density at radius 1 is 1.45 bits per heavy atom. The van der Waals surface area contributed by atoms with E-state index in [2.05, 4.69) is 9.88 Å². The maximum atomic E-state index is 12.9. The van der Waals surface area contributed by atoms with Gasteiger partial charge in [0.2, 0.25) is 0 Å². The van der Waals surface area contributed by atoms with Crippen LogP contribution in [0.25, 0.3) is 0 Å². The number of rotatable bonds is 3. The van der Waals surface area contributed by atoms with Crippen molar-refractivity contribution in [1.82, 2.24) is 9.88 Å². The molecular formula is C14H20F3N3. The molecule has 0 aliphatic carbocycles. The first-order valence-corrected chi connectivity index (χ1v) is 6.81. The molecule has 1 aromatic heterocycles. The molecule has 20 heavy (non-hydrogen) atoms. The van der Waals surface area contributed by atoms with Crippen molar-refractivity contribution in [1.29, 1.82) is 0 Å². The molecule has 0 bridgehead atoms. The fraction of sp³-hybridized carbons (Fsp3) is 0.643. The van der Waals surface area contributed by atoms with Gasteiger partial charge < -0.3 is 5.73 Å². The molecule has 0 saturated carbocycles. The van der Waals surface area contributed by atoms with Gasteiger partial charge in [0.25, 0.3) is 0 Å². The lowest BCUT2D eigenvalue weighted by Gasteiger charge is -2.38. The zero-order chi connectivity index (χ0) is 14.8. The van der Waals surface area contributed by atoms with Crippen LogP contribution in [0.4, 0.5) is 13.2 Å². The number of pyridine rings is 1. The Hall–Kier alpha value is -1.14. The molecule has 0 radical (unpaired) electrons. The number of piperidine rings is 1. The van der Waals surface area contributed by atoms with Crippen molar-refractivity contribution in [2.45, 2.75) is 26.1 Å². The van der Waals surface area contributed by atoms with Gasteiger partial charge in [-0.1, -0.05) is 0 Å². The molecular weight excluding hydrogens is 267 g/mol. The molecule has 1 fully saturated rings. The van der Waals surface area contributed by atoms with Crippen LogP contribution in [0.1, 0.15) is 17.7 Å². The summed E-state index contributed by atoms with van der Waals surface area (Å²) in [7, 11) is 0. The molecule has 2 N–H and O–H groups in total. The largest absolute Gasteiger partial charge is 0.392 e. The van der Waals surface area contributed by atoms with Gasteiger partial charge in [-0.2, -0.15) is 13.2 Å². The lowest BCUT2D eigenvalue weighted by atomic mass is 9.85. The number of nitrogens with two attached hydrogens (primary N) is 1. The summed E-state index contributed by atoms with van der Waals surface area (Å²) in [6.07, 6.45) is -2.27. The van der Waals surface area contributed by atoms with Gasteiger partial charge in [0, 0.05) is 25.0 Å². The number of aryl methyl sites for hydroxylation is 1. The monoisotopic (exact) mass is 287 g/mol. The Morgan fingerprint density at radius 2 is 2.20 bits per heavy atom. The highest BCUT2D eigenvalue weighted by Crippen LogP contribution is 2.37. The first-order valence-electron chi connectivity index (χ1n) is 6.81. The summed E-state index contributed by atoms with van der Waals surface area (Å²) in [6, 6.07) is 3.87. The van der Waals surface area contributed by atoms with E-state index < -0.39 is 18.0 Å². The number of likely N-dealkylation sites (tertiary alicyclic amines) is 1. The van der Waals surface area contributed by atoms with Crippen LogP contribution in [0.2, 0.25) is 0 Å². The Balaban J connectivity index is 2.00. The number of hydrogen-bond donors (Lipinski definition) is 1. The molecule has 1 aromatic rings. The highest BCUT2D eigenvalue weighted by molar-refractivity contribution is 5.15. The van der Waals surface area contributed by atoms with Gasteiger partial charge >= 0.3 is 6.18 Å². The van der Waals surface area contributed by atoms with Crippen LogP contribution in [0.5, 0.6) is 0 Å². The molecule has 2 heterocycles. The van der Waals surface area contributed by atoms with Crippen LogP contribution in [-0.4, -0.2) is 35.7 Å². The van der Waals surface area contributed by atoms with E-state index in [1.807, 2.05) is 19.1 Å². The third kappa shape index (κ3) is 3.70. The van der Waals surface area contributed by atoms with Gasteiger partial charge in [-0.05, 0) is 50.0 Å². The second-order valence-corrected chi connectivity index (χ2v) is 5.47. The Bertz CT molecular complexity index is 448. The maximum absolute atomic E-state index is 12.9. The molecule has 1 saturated heterocycles. The number of nitrogens with zero attached hydrogens (tertiary/aromatic N) is 2. The highest BCUT2D eigenvalue weighted by Gasteiger charge is 2.46. The molecule has 0 amide bonds. The lowest BCUT2D eigenvalue weighted by molar-refractivity contribution is -0.199. The van der Waals surface area contributed by atoms with E-state index in [-0.39, 0.29) is 13.0 Å². The fourth-order valence-electron chi connectivity index (χ4n) is 2.88. The van der Waals surface area contributed by atoms with Crippen LogP contribution < -0.4 is 5.73 Å². The van der Waals surface area contributed by atoms with Crippen LogP contribution in [0, 0.1) is 18.8 Å². The summed E-state index contributed by atoms with van der Waals surface area (Å²) in [5, 5.41) is 0. The van der Waals surface area contributed by atoms with Crippen molar-refractivity contribution in [2.24, 2.45) is 17.6 Å². The summed E-state index contributed by atoms with van der Waals surface area (Å²) in [6.45, 7) is 3.51. The number of alkyl halides is 3. The standard InChI is InChI=1S/C14H20F3N3/c1-10-6-11(2-4-19-10)8-20-5-3-13(14(15,16)17)12(7-18)9-20/h2,4,6,12-13H,3,5,7-9,18H2,1H3. The average molecular weight is 287 g/mol. The van der Waals surface area contributed by atoms with Crippen LogP contribution in [0.3, 0.4) is 0 Å². The molecule has 2 unspecified atom stereocenters. The summed E-state index contributed by atoms with van der Waals surface area (Å²) >= 11 is 0. The predicted molar refractivity (Wildman–Crippen MR) is 71.0 cm³/mol. The van der Waals surface area contributed by atoms with E-state index in [9.17, 15) is 13.2 Å². The van der Waals surface area contributed by atoms with Gasteiger partial charge in [-0.15, -0.1) is 0 Å². The van der Waals surface area contributed by atoms with Gasteiger partial charge in [0.15, 0.2) is 0 Å². The predicted octanol–water partition coefficient (Wildman–Crippen LogP) is 2.35. The Morgan fingerprint density at radius 3 is 2.80 bits per heavy atom. The zero-order valence-electron chi connectivity index (χ0n) is 11.5. The van der Waals surface area contributed by atoms with E-state index >= 15 is 0 Å². The minimum atomic E-state index is -4.14. The second-order valence-electron chi connectivity index (χ2n) is 5.47. The van der Waals surface area contributed by atoms with E-state index in [1.54, 1.807) is 6.20 Å². The zero-order valence-corrected chi connectivity index (χ0v) is 11.5. The number of aromatic nitrogens is 1. The second kappa shape index (κ2) is 6.10. The quantitative estimate of drug-likeness (QED) is 0.928. The summed E-state index contributed by atoms with van der Waals surface area (Å²) in [5.41, 5.74) is 7.54. The van der Waals surface area contributed by atoms with Gasteiger partial charge in [-0.25, -0.2) is 0 Å². The van der Waals surface area contributed by atoms with Crippen molar-refractivity contribution in [3.05, 3.63) is 29.6 Å². The third-order valence-corrected chi connectivity index (χ3v) is 3.91. The summed E-state index contributed by atoms with van der Waals surface area (Å²) in [4.78, 5) is 6.17. The first-order chi connectivity index (χ1) is 9.40. The van der Waals surface area contributed by atoms with Crippen LogP contribution in [0.15, 0.2) is 18.3 Å². The number of halogens is 3. The Kier molecular flexibility index (Phi) is 4.65. The third-order valence-electron chi connectivity index (χ3n) is 3.91. The van der Waals surface area contributed by atoms with Crippen molar-refractivity contribution >= 4 is 0 Å². The number of hydrogen-bond acceptors (Lipinski definition) is 3. The molecule has 3 nitrogen and oxygen atoms in total. The Labute approximate surface area is 117 Å². The van der Waals surface area contributed by atoms with Crippen molar-refractivity contribution < 1.29 is 13.2 Å².